The van der Waals surface area contributed by atoms with E-state index in [0.29, 0.717) is 10.2 Å². The highest BCUT2D eigenvalue weighted by atomic mass is 32.1. The molecule has 1 aliphatic heterocycles. The number of hydrogen-bond donors (Lipinski definition) is 1. The van der Waals surface area contributed by atoms with Crippen LogP contribution in [0.2, 0.25) is 0 Å². The van der Waals surface area contributed by atoms with Gasteiger partial charge in [-0.2, -0.15) is 0 Å². The number of rotatable bonds is 2. The van der Waals surface area contributed by atoms with E-state index in [1.54, 1.807) is 12.3 Å². The Morgan fingerprint density at radius 3 is 2.50 bits per heavy atom. The Morgan fingerprint density at radius 2 is 1.91 bits per heavy atom. The first-order valence-electron chi connectivity index (χ1n) is 8.46. The Hall–Kier alpha value is -1.20. The van der Waals surface area contributed by atoms with Gasteiger partial charge in [-0.3, -0.25) is 9.69 Å². The van der Waals surface area contributed by atoms with Crippen LogP contribution in [0.5, 0.6) is 0 Å². The van der Waals surface area contributed by atoms with Crippen molar-refractivity contribution >= 4 is 18.1 Å². The van der Waals surface area contributed by atoms with Crippen molar-refractivity contribution in [3.63, 3.8) is 0 Å². The van der Waals surface area contributed by atoms with Crippen LogP contribution >= 0.6 is 12.2 Å². The lowest BCUT2D eigenvalue weighted by molar-refractivity contribution is 0.0749. The van der Waals surface area contributed by atoms with Gasteiger partial charge < -0.3 is 9.88 Å². The van der Waals surface area contributed by atoms with E-state index >= 15 is 0 Å². The molecule has 122 valence electrons. The number of aromatic amines is 1. The van der Waals surface area contributed by atoms with Crippen molar-refractivity contribution < 1.29 is 4.79 Å². The lowest BCUT2D eigenvalue weighted by atomic mass is 9.91. The van der Waals surface area contributed by atoms with Gasteiger partial charge in [0.1, 0.15) is 4.64 Å². The molecule has 0 bridgehead atoms. The van der Waals surface area contributed by atoms with Crippen LogP contribution in [0.3, 0.4) is 0 Å². The molecule has 1 N–H and O–H groups in total. The maximum absolute atomic E-state index is 12.5. The third-order valence-corrected chi connectivity index (χ3v) is 4.69. The van der Waals surface area contributed by atoms with E-state index in [0.717, 1.165) is 38.6 Å². The molecule has 4 nitrogen and oxygen atoms in total. The summed E-state index contributed by atoms with van der Waals surface area (Å²) >= 11 is 5.01. The molecule has 1 saturated carbocycles. The minimum atomic E-state index is 0.117. The second kappa shape index (κ2) is 8.44. The smallest absolute Gasteiger partial charge is 0.255 e. The lowest BCUT2D eigenvalue weighted by Crippen LogP contribution is -2.42. The number of hydrogen-bond acceptors (Lipinski definition) is 3. The van der Waals surface area contributed by atoms with E-state index in [1.165, 1.54) is 19.3 Å². The summed E-state index contributed by atoms with van der Waals surface area (Å²) < 4.78 is 0.661. The number of amides is 1. The normalized spacial score (nSPS) is 19.6. The Morgan fingerprint density at radius 1 is 1.14 bits per heavy atom. The van der Waals surface area contributed by atoms with E-state index in [-0.39, 0.29) is 5.91 Å². The summed E-state index contributed by atoms with van der Waals surface area (Å²) in [7, 11) is 0. The van der Waals surface area contributed by atoms with Crippen molar-refractivity contribution in [2.75, 3.05) is 26.2 Å². The van der Waals surface area contributed by atoms with Gasteiger partial charge >= 0.3 is 0 Å². The number of H-pyrrole nitrogens is 1. The van der Waals surface area contributed by atoms with Gasteiger partial charge in [-0.15, -0.1) is 0 Å². The van der Waals surface area contributed by atoms with Crippen LogP contribution in [0, 0.1) is 4.64 Å². The molecule has 1 amide bonds. The monoisotopic (exact) mass is 321 g/mol. The molecule has 0 radical (unpaired) electrons. The third-order valence-electron chi connectivity index (χ3n) is 4.44. The van der Waals surface area contributed by atoms with Crippen molar-refractivity contribution in [3.05, 3.63) is 28.5 Å². The number of aromatic nitrogens is 1. The number of carbonyl (C=O) groups excluding carboxylic acids is 1. The average Bonchev–Trinajstić information content (AvgIpc) is 2.74. The molecule has 0 atom stereocenters. The van der Waals surface area contributed by atoms with Gasteiger partial charge in [-0.1, -0.05) is 32.5 Å². The van der Waals surface area contributed by atoms with Crippen LogP contribution in [-0.2, 0) is 0 Å². The minimum Gasteiger partial charge on any atom is -0.352 e. The molecular weight excluding hydrogens is 294 g/mol. The van der Waals surface area contributed by atoms with Crippen LogP contribution in [0.25, 0.3) is 0 Å². The van der Waals surface area contributed by atoms with Crippen LogP contribution in [0.15, 0.2) is 18.3 Å². The quantitative estimate of drug-likeness (QED) is 0.848. The number of nitrogens with one attached hydrogen (secondary N) is 1. The Labute approximate surface area is 138 Å². The van der Waals surface area contributed by atoms with Crippen LogP contribution < -0.4 is 0 Å². The van der Waals surface area contributed by atoms with Crippen LogP contribution in [-0.4, -0.2) is 52.9 Å². The molecule has 1 aromatic heterocycles. The Kier molecular flexibility index (Phi) is 6.58. The standard InChI is InChI=1S/C15H21N3OS.C2H6/c19-15(12-5-6-14(20)16-11-12)18-8-2-7-17(9-10-18)13-3-1-4-13;1-2/h5-6,11,13H,1-4,7-10H2,(H,16,20);1-2H3. The zero-order chi connectivity index (χ0) is 15.9. The maximum Gasteiger partial charge on any atom is 0.255 e. The van der Waals surface area contributed by atoms with E-state index in [9.17, 15) is 4.79 Å². The highest BCUT2D eigenvalue weighted by Crippen LogP contribution is 2.25. The fourth-order valence-corrected chi connectivity index (χ4v) is 3.11. The summed E-state index contributed by atoms with van der Waals surface area (Å²) in [4.78, 5) is 20.0. The first kappa shape index (κ1) is 17.2. The van der Waals surface area contributed by atoms with Crippen molar-refractivity contribution in [2.24, 2.45) is 0 Å². The maximum atomic E-state index is 12.5. The number of pyridine rings is 1. The molecule has 1 aliphatic carbocycles. The summed E-state index contributed by atoms with van der Waals surface area (Å²) in [6.07, 6.45) is 6.84. The number of carbonyl (C=O) groups is 1. The molecule has 22 heavy (non-hydrogen) atoms. The van der Waals surface area contributed by atoms with Gasteiger partial charge in [0.2, 0.25) is 0 Å². The molecule has 2 aliphatic rings. The second-order valence-corrected chi connectivity index (χ2v) is 6.15. The largest absolute Gasteiger partial charge is 0.352 e. The average molecular weight is 321 g/mol. The van der Waals surface area contributed by atoms with E-state index < -0.39 is 0 Å². The first-order chi connectivity index (χ1) is 10.7. The van der Waals surface area contributed by atoms with Crippen molar-refractivity contribution in [1.29, 1.82) is 0 Å². The number of nitrogens with zero attached hydrogens (tertiary/aromatic N) is 2. The van der Waals surface area contributed by atoms with Gasteiger partial charge in [-0.05, 0) is 31.4 Å². The van der Waals surface area contributed by atoms with Gasteiger partial charge in [0.15, 0.2) is 0 Å². The van der Waals surface area contributed by atoms with Gasteiger partial charge in [0, 0.05) is 38.4 Å². The van der Waals surface area contributed by atoms with E-state index in [2.05, 4.69) is 9.88 Å². The zero-order valence-electron chi connectivity index (χ0n) is 13.7. The van der Waals surface area contributed by atoms with E-state index in [4.69, 9.17) is 12.2 Å². The fraction of sp³-hybridized carbons (Fsp3) is 0.647. The summed E-state index contributed by atoms with van der Waals surface area (Å²) in [5, 5.41) is 0. The Balaban J connectivity index is 0.000000847. The van der Waals surface area contributed by atoms with Crippen LogP contribution in [0.4, 0.5) is 0 Å². The summed E-state index contributed by atoms with van der Waals surface area (Å²) in [5.41, 5.74) is 0.704. The van der Waals surface area contributed by atoms with Gasteiger partial charge in [0.25, 0.3) is 5.91 Å². The highest BCUT2D eigenvalue weighted by Gasteiger charge is 2.27. The molecule has 5 heteroatoms. The molecular formula is C17H27N3OS. The molecule has 2 fully saturated rings. The SMILES string of the molecule is CC.O=C(c1ccc(=S)[nH]c1)N1CCCN(C2CCC2)CC1. The predicted octanol–water partition coefficient (Wildman–Crippen LogP) is 3.47. The van der Waals surface area contributed by atoms with Crippen molar-refractivity contribution in [2.45, 2.75) is 45.6 Å². The Bertz CT molecular complexity index is 518. The predicted molar refractivity (Wildman–Crippen MR) is 92.7 cm³/mol. The second-order valence-electron chi connectivity index (χ2n) is 5.71. The molecule has 1 aromatic rings. The van der Waals surface area contributed by atoms with Gasteiger partial charge in [0.05, 0.1) is 5.56 Å². The molecule has 0 spiro atoms. The van der Waals surface area contributed by atoms with E-state index in [1.807, 2.05) is 24.8 Å². The fourth-order valence-electron chi connectivity index (χ4n) is 2.98. The van der Waals surface area contributed by atoms with Gasteiger partial charge in [-0.25, -0.2) is 0 Å². The third kappa shape index (κ3) is 4.17. The molecule has 0 unspecified atom stereocenters. The molecule has 3 rings (SSSR count). The topological polar surface area (TPSA) is 39.3 Å². The zero-order valence-corrected chi connectivity index (χ0v) is 14.5. The summed E-state index contributed by atoms with van der Waals surface area (Å²) in [6.45, 7) is 7.84. The van der Waals surface area contributed by atoms with Crippen molar-refractivity contribution in [3.8, 4) is 0 Å². The lowest BCUT2D eigenvalue weighted by Gasteiger charge is -2.36. The molecule has 2 heterocycles. The minimum absolute atomic E-state index is 0.117. The highest BCUT2D eigenvalue weighted by molar-refractivity contribution is 7.71. The van der Waals surface area contributed by atoms with Crippen LogP contribution in [0.1, 0.15) is 49.9 Å². The molecule has 0 aromatic carbocycles. The molecule has 1 saturated heterocycles. The summed E-state index contributed by atoms with van der Waals surface area (Å²) in [6, 6.07) is 4.37. The summed E-state index contributed by atoms with van der Waals surface area (Å²) in [5.74, 6) is 0.117. The first-order valence-corrected chi connectivity index (χ1v) is 8.87. The van der Waals surface area contributed by atoms with Crippen molar-refractivity contribution in [1.82, 2.24) is 14.8 Å².